The van der Waals surface area contributed by atoms with Gasteiger partial charge in [0.25, 0.3) is 5.91 Å². The summed E-state index contributed by atoms with van der Waals surface area (Å²) in [5.74, 6) is -0.314. The molecule has 30 heavy (non-hydrogen) atoms. The lowest BCUT2D eigenvalue weighted by atomic mass is 10.0. The van der Waals surface area contributed by atoms with E-state index >= 15 is 0 Å². The maximum absolute atomic E-state index is 12.6. The summed E-state index contributed by atoms with van der Waals surface area (Å²) in [7, 11) is 0. The Kier molecular flexibility index (Phi) is 5.70. The Morgan fingerprint density at radius 1 is 0.967 bits per heavy atom. The summed E-state index contributed by atoms with van der Waals surface area (Å²) in [6.45, 7) is 4.15. The predicted molar refractivity (Wildman–Crippen MR) is 122 cm³/mol. The first-order chi connectivity index (χ1) is 14.7. The fourth-order valence-electron chi connectivity index (χ4n) is 3.39. The van der Waals surface area contributed by atoms with Crippen LogP contribution in [0.5, 0.6) is 0 Å². The third-order valence-corrected chi connectivity index (χ3v) is 5.19. The minimum Gasteiger partial charge on any atom is -0.272 e. The first kappa shape index (κ1) is 19.6. The van der Waals surface area contributed by atoms with Gasteiger partial charge in [-0.15, -0.1) is 0 Å². The van der Waals surface area contributed by atoms with Crippen molar-refractivity contribution in [2.24, 2.45) is 5.10 Å². The standard InChI is InChI=1S/C25H24N4O/c1-3-17-9-11-19(12-10-17)22(4-2)26-29-25(30)24-16-23(27-28-24)21-14-13-18-7-5-6-8-20(18)15-21/h5-16H,3-4H2,1-2H3,(H,27,28)(H,29,30)/b26-22-. The summed E-state index contributed by atoms with van der Waals surface area (Å²) in [5, 5.41) is 13.8. The van der Waals surface area contributed by atoms with Crippen LogP contribution in [0.3, 0.4) is 0 Å². The monoisotopic (exact) mass is 396 g/mol. The van der Waals surface area contributed by atoms with E-state index in [1.54, 1.807) is 6.07 Å². The third-order valence-electron chi connectivity index (χ3n) is 5.19. The molecule has 1 amide bonds. The number of nitrogens with one attached hydrogen (secondary N) is 2. The highest BCUT2D eigenvalue weighted by Gasteiger charge is 2.12. The molecule has 0 aliphatic carbocycles. The van der Waals surface area contributed by atoms with E-state index in [4.69, 9.17) is 0 Å². The molecule has 1 heterocycles. The molecule has 0 fully saturated rings. The van der Waals surface area contributed by atoms with Gasteiger partial charge in [-0.05, 0) is 46.9 Å². The van der Waals surface area contributed by atoms with Crippen LogP contribution in [0.25, 0.3) is 22.0 Å². The molecule has 4 aromatic rings. The van der Waals surface area contributed by atoms with Gasteiger partial charge >= 0.3 is 0 Å². The van der Waals surface area contributed by atoms with Gasteiger partial charge in [-0.1, -0.05) is 74.5 Å². The van der Waals surface area contributed by atoms with Gasteiger partial charge in [0.1, 0.15) is 5.69 Å². The molecule has 0 radical (unpaired) electrons. The highest BCUT2D eigenvalue weighted by Crippen LogP contribution is 2.23. The molecule has 3 aromatic carbocycles. The quantitative estimate of drug-likeness (QED) is 0.341. The van der Waals surface area contributed by atoms with Crippen LogP contribution in [-0.4, -0.2) is 21.8 Å². The molecular weight excluding hydrogens is 372 g/mol. The van der Waals surface area contributed by atoms with Gasteiger partial charge < -0.3 is 0 Å². The van der Waals surface area contributed by atoms with E-state index in [0.717, 1.165) is 40.8 Å². The van der Waals surface area contributed by atoms with E-state index in [9.17, 15) is 4.79 Å². The van der Waals surface area contributed by atoms with Crippen LogP contribution in [0.15, 0.2) is 77.9 Å². The lowest BCUT2D eigenvalue weighted by Gasteiger charge is -2.05. The zero-order chi connectivity index (χ0) is 20.9. The number of nitrogens with zero attached hydrogens (tertiary/aromatic N) is 2. The van der Waals surface area contributed by atoms with E-state index in [2.05, 4.69) is 64.0 Å². The third kappa shape index (κ3) is 4.15. The van der Waals surface area contributed by atoms with Gasteiger partial charge in [-0.2, -0.15) is 10.2 Å². The summed E-state index contributed by atoms with van der Waals surface area (Å²) >= 11 is 0. The number of carbonyl (C=O) groups is 1. The molecule has 150 valence electrons. The van der Waals surface area contributed by atoms with E-state index in [1.807, 2.05) is 37.3 Å². The molecule has 4 rings (SSSR count). The maximum atomic E-state index is 12.6. The molecular formula is C25H24N4O. The van der Waals surface area contributed by atoms with Crippen molar-refractivity contribution in [2.45, 2.75) is 26.7 Å². The molecule has 0 saturated heterocycles. The Bertz CT molecular complexity index is 1210. The minimum atomic E-state index is -0.314. The lowest BCUT2D eigenvalue weighted by molar-refractivity contribution is 0.0950. The van der Waals surface area contributed by atoms with Crippen molar-refractivity contribution in [1.29, 1.82) is 0 Å². The second-order valence-electron chi connectivity index (χ2n) is 7.13. The van der Waals surface area contributed by atoms with Crippen LogP contribution in [0.4, 0.5) is 0 Å². The van der Waals surface area contributed by atoms with E-state index in [-0.39, 0.29) is 5.91 Å². The topological polar surface area (TPSA) is 70.1 Å². The number of aromatic amines is 1. The van der Waals surface area contributed by atoms with Crippen molar-refractivity contribution >= 4 is 22.4 Å². The van der Waals surface area contributed by atoms with E-state index in [0.29, 0.717) is 5.69 Å². The first-order valence-electron chi connectivity index (χ1n) is 10.2. The summed E-state index contributed by atoms with van der Waals surface area (Å²) in [6.07, 6.45) is 1.71. The normalized spacial score (nSPS) is 11.6. The summed E-state index contributed by atoms with van der Waals surface area (Å²) < 4.78 is 0. The lowest BCUT2D eigenvalue weighted by Crippen LogP contribution is -2.20. The van der Waals surface area contributed by atoms with Crippen molar-refractivity contribution in [1.82, 2.24) is 15.6 Å². The Hall–Kier alpha value is -3.73. The number of H-pyrrole nitrogens is 1. The van der Waals surface area contributed by atoms with Crippen molar-refractivity contribution in [3.8, 4) is 11.3 Å². The Balaban J connectivity index is 1.50. The summed E-state index contributed by atoms with van der Waals surface area (Å²) in [4.78, 5) is 12.6. The van der Waals surface area contributed by atoms with Gasteiger partial charge in [-0.25, -0.2) is 5.43 Å². The highest BCUT2D eigenvalue weighted by atomic mass is 16.2. The van der Waals surface area contributed by atoms with Gasteiger partial charge in [0.2, 0.25) is 0 Å². The van der Waals surface area contributed by atoms with E-state index < -0.39 is 0 Å². The average molecular weight is 396 g/mol. The molecule has 5 heteroatoms. The Morgan fingerprint density at radius 3 is 2.47 bits per heavy atom. The smallest absolute Gasteiger partial charge is 0.272 e. The predicted octanol–water partition coefficient (Wildman–Crippen LogP) is 5.34. The zero-order valence-corrected chi connectivity index (χ0v) is 17.1. The minimum absolute atomic E-state index is 0.314. The van der Waals surface area contributed by atoms with Crippen molar-refractivity contribution in [3.05, 3.63) is 89.6 Å². The number of aryl methyl sites for hydroxylation is 1. The molecule has 0 atom stereocenters. The molecule has 1 aromatic heterocycles. The van der Waals surface area contributed by atoms with Crippen molar-refractivity contribution in [2.75, 3.05) is 0 Å². The summed E-state index contributed by atoms with van der Waals surface area (Å²) in [6, 6.07) is 24.3. The molecule has 0 bridgehead atoms. The van der Waals surface area contributed by atoms with Crippen LogP contribution in [0, 0.1) is 0 Å². The Labute approximate surface area is 175 Å². The number of carbonyl (C=O) groups excluding carboxylic acids is 1. The van der Waals surface area contributed by atoms with E-state index in [1.165, 1.54) is 10.9 Å². The number of aromatic nitrogens is 2. The number of fused-ring (bicyclic) bond motifs is 1. The molecule has 0 aliphatic rings. The van der Waals surface area contributed by atoms with Crippen LogP contribution < -0.4 is 5.43 Å². The van der Waals surface area contributed by atoms with Crippen molar-refractivity contribution < 1.29 is 4.79 Å². The molecule has 0 spiro atoms. The molecule has 0 aliphatic heterocycles. The van der Waals surface area contributed by atoms with Crippen LogP contribution >= 0.6 is 0 Å². The molecule has 0 unspecified atom stereocenters. The number of benzene rings is 3. The number of hydrazone groups is 1. The summed E-state index contributed by atoms with van der Waals surface area (Å²) in [5.41, 5.74) is 7.82. The van der Waals surface area contributed by atoms with Crippen molar-refractivity contribution in [3.63, 3.8) is 0 Å². The zero-order valence-electron chi connectivity index (χ0n) is 17.1. The largest absolute Gasteiger partial charge is 0.289 e. The molecule has 2 N–H and O–H groups in total. The first-order valence-corrected chi connectivity index (χ1v) is 10.2. The maximum Gasteiger partial charge on any atom is 0.289 e. The number of hydrogen-bond acceptors (Lipinski definition) is 3. The Morgan fingerprint density at radius 2 is 1.73 bits per heavy atom. The van der Waals surface area contributed by atoms with Gasteiger partial charge in [-0.3, -0.25) is 9.89 Å². The number of rotatable bonds is 6. The van der Waals surface area contributed by atoms with Gasteiger partial charge in [0.05, 0.1) is 11.4 Å². The fraction of sp³-hybridized carbons (Fsp3) is 0.160. The van der Waals surface area contributed by atoms with Gasteiger partial charge in [0, 0.05) is 5.56 Å². The number of hydrogen-bond donors (Lipinski definition) is 2. The fourth-order valence-corrected chi connectivity index (χ4v) is 3.39. The van der Waals surface area contributed by atoms with Crippen LogP contribution in [-0.2, 0) is 6.42 Å². The second-order valence-corrected chi connectivity index (χ2v) is 7.13. The molecule has 0 saturated carbocycles. The van der Waals surface area contributed by atoms with Gasteiger partial charge in [0.15, 0.2) is 0 Å². The second kappa shape index (κ2) is 8.74. The molecule has 5 nitrogen and oxygen atoms in total. The highest BCUT2D eigenvalue weighted by molar-refractivity contribution is 6.02. The van der Waals surface area contributed by atoms with Crippen LogP contribution in [0.1, 0.15) is 41.9 Å². The SMILES string of the molecule is CC/C(=N/NC(=O)c1cc(-c2ccc3ccccc3c2)n[nH]1)c1ccc(CC)cc1. The van der Waals surface area contributed by atoms with Crippen LogP contribution in [0.2, 0.25) is 0 Å². The average Bonchev–Trinajstić information content (AvgIpc) is 3.30. The number of amides is 1.